The maximum Gasteiger partial charge on any atom is 0.308 e. The lowest BCUT2D eigenvalue weighted by atomic mass is 9.95. The number of nitriles is 1. The molecule has 39 heavy (non-hydrogen) atoms. The molecule has 1 aliphatic heterocycles. The van der Waals surface area contributed by atoms with Crippen molar-refractivity contribution in [2.75, 3.05) is 32.1 Å². The standard InChI is InChI=1S/C27H26F2N6O3S/c1-33(2)39(37,38)35-15-23(21-5-3-4-16(13-30)26(21)36)24-25(34-8-6-20(31)7-9-34)22(14-32-27(24)35)17-10-18(28)12-19(29)11-17/h3-5,10-12,14-15,20,36H,6-9,31H2,1-2H3. The monoisotopic (exact) mass is 552 g/mol. The molecule has 3 N–H and O–H groups in total. The van der Waals surface area contributed by atoms with Crippen molar-refractivity contribution in [3.8, 4) is 34.1 Å². The van der Waals surface area contributed by atoms with Crippen LogP contribution in [0, 0.1) is 23.0 Å². The number of aromatic nitrogens is 2. The van der Waals surface area contributed by atoms with Crippen LogP contribution in [0.5, 0.6) is 5.75 Å². The molecule has 2 aromatic carbocycles. The van der Waals surface area contributed by atoms with Gasteiger partial charge in [-0.3, -0.25) is 0 Å². The summed E-state index contributed by atoms with van der Waals surface area (Å²) >= 11 is 0. The van der Waals surface area contributed by atoms with E-state index in [1.165, 1.54) is 44.7 Å². The Morgan fingerprint density at radius 2 is 1.77 bits per heavy atom. The fourth-order valence-electron chi connectivity index (χ4n) is 4.93. The van der Waals surface area contributed by atoms with Crippen LogP contribution in [0.3, 0.4) is 0 Å². The molecule has 5 rings (SSSR count). The normalized spacial score (nSPS) is 14.7. The van der Waals surface area contributed by atoms with Gasteiger partial charge in [0.1, 0.15) is 23.5 Å². The van der Waals surface area contributed by atoms with Crippen LogP contribution in [0.15, 0.2) is 48.8 Å². The first-order valence-corrected chi connectivity index (χ1v) is 13.6. The molecule has 0 atom stereocenters. The van der Waals surface area contributed by atoms with E-state index in [1.54, 1.807) is 12.1 Å². The van der Waals surface area contributed by atoms with E-state index in [2.05, 4.69) is 4.98 Å². The highest BCUT2D eigenvalue weighted by Gasteiger charge is 2.30. The number of para-hydroxylation sites is 1. The minimum Gasteiger partial charge on any atom is -0.506 e. The summed E-state index contributed by atoms with van der Waals surface area (Å²) < 4.78 is 57.5. The first-order valence-electron chi connectivity index (χ1n) is 12.2. The number of halogens is 2. The fourth-order valence-corrected chi connectivity index (χ4v) is 5.88. The van der Waals surface area contributed by atoms with Crippen LogP contribution in [-0.2, 0) is 10.2 Å². The third-order valence-electron chi connectivity index (χ3n) is 6.94. The third-order valence-corrected chi connectivity index (χ3v) is 8.64. The number of rotatable bonds is 5. The highest BCUT2D eigenvalue weighted by atomic mass is 32.2. The quantitative estimate of drug-likeness (QED) is 0.385. The van der Waals surface area contributed by atoms with Crippen LogP contribution in [0.1, 0.15) is 18.4 Å². The number of piperidine rings is 1. The van der Waals surface area contributed by atoms with Crippen LogP contribution < -0.4 is 10.6 Å². The second-order valence-electron chi connectivity index (χ2n) is 9.64. The summed E-state index contributed by atoms with van der Waals surface area (Å²) in [7, 11) is -1.32. The van der Waals surface area contributed by atoms with Gasteiger partial charge in [-0.2, -0.15) is 18.0 Å². The van der Waals surface area contributed by atoms with Gasteiger partial charge in [-0.05, 0) is 36.6 Å². The molecular weight excluding hydrogens is 526 g/mol. The van der Waals surface area contributed by atoms with E-state index < -0.39 is 21.8 Å². The number of nitrogens with two attached hydrogens (primary N) is 1. The Bertz CT molecular complexity index is 1720. The summed E-state index contributed by atoms with van der Waals surface area (Å²) in [6.07, 6.45) is 4.03. The minimum atomic E-state index is -4.08. The van der Waals surface area contributed by atoms with Crippen LogP contribution >= 0.6 is 0 Å². The van der Waals surface area contributed by atoms with Crippen molar-refractivity contribution in [1.29, 1.82) is 5.26 Å². The molecule has 1 fully saturated rings. The molecule has 0 saturated carbocycles. The van der Waals surface area contributed by atoms with E-state index in [0.29, 0.717) is 48.1 Å². The SMILES string of the molecule is CN(C)S(=O)(=O)n1cc(-c2cccc(C#N)c2O)c2c(N3CCC(N)CC3)c(-c3cc(F)cc(F)c3)cnc21. The lowest BCUT2D eigenvalue weighted by molar-refractivity contribution is 0.475. The van der Waals surface area contributed by atoms with E-state index >= 15 is 0 Å². The number of nitrogens with zero attached hydrogens (tertiary/aromatic N) is 5. The number of anilines is 1. The molecule has 12 heteroatoms. The topological polar surface area (TPSA) is 128 Å². The van der Waals surface area contributed by atoms with Gasteiger partial charge in [0.05, 0.1) is 16.6 Å². The molecule has 0 radical (unpaired) electrons. The predicted molar refractivity (Wildman–Crippen MR) is 144 cm³/mol. The summed E-state index contributed by atoms with van der Waals surface area (Å²) in [5, 5.41) is 20.8. The number of phenols is 1. The van der Waals surface area contributed by atoms with Gasteiger partial charge in [-0.25, -0.2) is 17.7 Å². The van der Waals surface area contributed by atoms with Crippen LogP contribution in [0.25, 0.3) is 33.3 Å². The number of hydrogen-bond acceptors (Lipinski definition) is 7. The lowest BCUT2D eigenvalue weighted by Crippen LogP contribution is -2.40. The molecule has 1 saturated heterocycles. The zero-order valence-corrected chi connectivity index (χ0v) is 22.1. The summed E-state index contributed by atoms with van der Waals surface area (Å²) in [6, 6.07) is 9.65. The minimum absolute atomic E-state index is 0.00526. The zero-order chi connectivity index (χ0) is 28.1. The number of fused-ring (bicyclic) bond motifs is 1. The average Bonchev–Trinajstić information content (AvgIpc) is 3.28. The summed E-state index contributed by atoms with van der Waals surface area (Å²) in [4.78, 5) is 6.46. The Kier molecular flexibility index (Phi) is 6.76. The van der Waals surface area contributed by atoms with E-state index in [9.17, 15) is 27.6 Å². The van der Waals surface area contributed by atoms with Crippen molar-refractivity contribution in [1.82, 2.24) is 13.3 Å². The molecule has 4 aromatic rings. The summed E-state index contributed by atoms with van der Waals surface area (Å²) in [5.74, 6) is -1.87. The highest BCUT2D eigenvalue weighted by Crippen LogP contribution is 2.46. The summed E-state index contributed by atoms with van der Waals surface area (Å²) in [5.41, 5.74) is 7.83. The Morgan fingerprint density at radius 3 is 2.38 bits per heavy atom. The molecule has 9 nitrogen and oxygen atoms in total. The van der Waals surface area contributed by atoms with Gasteiger partial charge in [0.25, 0.3) is 0 Å². The molecule has 3 heterocycles. The van der Waals surface area contributed by atoms with Gasteiger partial charge in [0, 0.05) is 68.4 Å². The van der Waals surface area contributed by atoms with Gasteiger partial charge in [0.15, 0.2) is 5.65 Å². The van der Waals surface area contributed by atoms with Crippen molar-refractivity contribution in [3.05, 3.63) is 66.0 Å². The van der Waals surface area contributed by atoms with Crippen molar-refractivity contribution < 1.29 is 22.3 Å². The van der Waals surface area contributed by atoms with Gasteiger partial charge in [0.2, 0.25) is 0 Å². The van der Waals surface area contributed by atoms with Crippen molar-refractivity contribution in [2.24, 2.45) is 5.73 Å². The van der Waals surface area contributed by atoms with Gasteiger partial charge in [-0.15, -0.1) is 0 Å². The molecule has 2 aromatic heterocycles. The third kappa shape index (κ3) is 4.58. The Morgan fingerprint density at radius 1 is 1.10 bits per heavy atom. The molecule has 0 spiro atoms. The van der Waals surface area contributed by atoms with E-state index in [0.717, 1.165) is 14.3 Å². The number of pyridine rings is 1. The van der Waals surface area contributed by atoms with E-state index in [-0.39, 0.29) is 34.1 Å². The number of phenolic OH excluding ortho intramolecular Hbond substituents is 1. The van der Waals surface area contributed by atoms with Gasteiger partial charge >= 0.3 is 10.2 Å². The number of aromatic hydroxyl groups is 1. The first-order chi connectivity index (χ1) is 18.5. The first kappa shape index (κ1) is 26.6. The van der Waals surface area contributed by atoms with Crippen molar-refractivity contribution in [2.45, 2.75) is 18.9 Å². The molecule has 0 aliphatic carbocycles. The number of hydrogen-bond donors (Lipinski definition) is 2. The molecular formula is C27H26F2N6O3S. The smallest absolute Gasteiger partial charge is 0.308 e. The Labute approximate surface area is 224 Å². The van der Waals surface area contributed by atoms with Crippen LogP contribution in [-0.4, -0.2) is 60.0 Å². The zero-order valence-electron chi connectivity index (χ0n) is 21.3. The molecule has 0 unspecified atom stereocenters. The van der Waals surface area contributed by atoms with E-state index in [4.69, 9.17) is 5.73 Å². The van der Waals surface area contributed by atoms with Crippen LogP contribution in [0.2, 0.25) is 0 Å². The fraction of sp³-hybridized carbons (Fsp3) is 0.259. The second kappa shape index (κ2) is 9.92. The predicted octanol–water partition coefficient (Wildman–Crippen LogP) is 3.81. The molecule has 1 aliphatic rings. The van der Waals surface area contributed by atoms with Gasteiger partial charge < -0.3 is 15.7 Å². The molecule has 0 amide bonds. The lowest BCUT2D eigenvalue weighted by Gasteiger charge is -2.34. The van der Waals surface area contributed by atoms with E-state index in [1.807, 2.05) is 11.0 Å². The maximum atomic E-state index is 14.3. The average molecular weight is 553 g/mol. The number of benzene rings is 2. The van der Waals surface area contributed by atoms with Crippen LogP contribution in [0.4, 0.5) is 14.5 Å². The van der Waals surface area contributed by atoms with Crippen molar-refractivity contribution in [3.63, 3.8) is 0 Å². The molecule has 202 valence electrons. The second-order valence-corrected chi connectivity index (χ2v) is 11.7. The Balaban J connectivity index is 1.94. The maximum absolute atomic E-state index is 14.3. The molecule has 0 bridgehead atoms. The Hall–Kier alpha value is -4.05. The highest BCUT2D eigenvalue weighted by molar-refractivity contribution is 7.87. The van der Waals surface area contributed by atoms with Gasteiger partial charge in [-0.1, -0.05) is 12.1 Å². The van der Waals surface area contributed by atoms with Crippen molar-refractivity contribution >= 4 is 26.9 Å². The summed E-state index contributed by atoms with van der Waals surface area (Å²) in [6.45, 7) is 1.00. The largest absolute Gasteiger partial charge is 0.506 e.